The second-order valence-electron chi connectivity index (χ2n) is 8.13. The van der Waals surface area contributed by atoms with Crippen molar-refractivity contribution in [3.05, 3.63) is 29.3 Å². The molecule has 0 bridgehead atoms. The molecule has 1 saturated carbocycles. The van der Waals surface area contributed by atoms with E-state index in [1.807, 2.05) is 7.05 Å². The molecule has 0 spiro atoms. The zero-order valence-electron chi connectivity index (χ0n) is 17.8. The first-order valence-electron chi connectivity index (χ1n) is 10.6. The molecule has 2 N–H and O–H groups in total. The van der Waals surface area contributed by atoms with Crippen LogP contribution in [0.25, 0.3) is 0 Å². The van der Waals surface area contributed by atoms with Crippen LogP contribution >= 0.6 is 0 Å². The molecule has 0 aromatic heterocycles. The summed E-state index contributed by atoms with van der Waals surface area (Å²) >= 11 is 0. The summed E-state index contributed by atoms with van der Waals surface area (Å²) in [6.45, 7) is 10.7. The SMILES string of the molecule is CN=C(NCCN(C(C)C)C1CC1)NCc1ccc(C)cc1OC1CCOC1. The number of nitrogens with zero attached hydrogens (tertiary/aromatic N) is 2. The van der Waals surface area contributed by atoms with Gasteiger partial charge in [-0.05, 0) is 45.2 Å². The highest BCUT2D eigenvalue weighted by Gasteiger charge is 2.30. The van der Waals surface area contributed by atoms with Crippen molar-refractivity contribution in [2.24, 2.45) is 4.99 Å². The molecule has 0 radical (unpaired) electrons. The van der Waals surface area contributed by atoms with Crippen molar-refractivity contribution >= 4 is 5.96 Å². The van der Waals surface area contributed by atoms with Crippen molar-refractivity contribution in [2.45, 2.75) is 64.8 Å². The molecule has 2 fully saturated rings. The molecule has 6 heteroatoms. The van der Waals surface area contributed by atoms with Gasteiger partial charge < -0.3 is 20.1 Å². The average molecular weight is 389 g/mol. The second-order valence-corrected chi connectivity index (χ2v) is 8.13. The Morgan fingerprint density at radius 1 is 1.29 bits per heavy atom. The minimum atomic E-state index is 0.155. The van der Waals surface area contributed by atoms with Gasteiger partial charge in [-0.15, -0.1) is 0 Å². The highest BCUT2D eigenvalue weighted by atomic mass is 16.5. The zero-order chi connectivity index (χ0) is 19.9. The topological polar surface area (TPSA) is 58.1 Å². The molecule has 1 aromatic rings. The standard InChI is InChI=1S/C22H36N4O2/c1-16(2)26(19-7-8-19)11-10-24-22(23-4)25-14-18-6-5-17(3)13-21(18)28-20-9-12-27-15-20/h5-6,13,16,19-20H,7-12,14-15H2,1-4H3,(H2,23,24,25). The molecule has 1 heterocycles. The maximum Gasteiger partial charge on any atom is 0.191 e. The third kappa shape index (κ3) is 6.11. The molecule has 1 unspecified atom stereocenters. The third-order valence-corrected chi connectivity index (χ3v) is 5.42. The Balaban J connectivity index is 1.50. The summed E-state index contributed by atoms with van der Waals surface area (Å²) in [5, 5.41) is 6.88. The maximum absolute atomic E-state index is 6.19. The van der Waals surface area contributed by atoms with E-state index in [0.717, 1.165) is 49.4 Å². The smallest absolute Gasteiger partial charge is 0.191 e. The molecule has 28 heavy (non-hydrogen) atoms. The number of benzene rings is 1. The van der Waals surface area contributed by atoms with E-state index in [1.54, 1.807) is 0 Å². The minimum Gasteiger partial charge on any atom is -0.488 e. The molecule has 2 aliphatic rings. The van der Waals surface area contributed by atoms with E-state index in [-0.39, 0.29) is 6.10 Å². The zero-order valence-corrected chi connectivity index (χ0v) is 17.8. The van der Waals surface area contributed by atoms with E-state index in [4.69, 9.17) is 9.47 Å². The molecular formula is C22H36N4O2. The lowest BCUT2D eigenvalue weighted by Gasteiger charge is -2.26. The first-order valence-corrected chi connectivity index (χ1v) is 10.6. The van der Waals surface area contributed by atoms with Crippen LogP contribution in [0.15, 0.2) is 23.2 Å². The van der Waals surface area contributed by atoms with Gasteiger partial charge in [0.25, 0.3) is 0 Å². The van der Waals surface area contributed by atoms with Gasteiger partial charge >= 0.3 is 0 Å². The lowest BCUT2D eigenvalue weighted by molar-refractivity contribution is 0.140. The van der Waals surface area contributed by atoms with Gasteiger partial charge in [-0.3, -0.25) is 9.89 Å². The largest absolute Gasteiger partial charge is 0.488 e. The predicted octanol–water partition coefficient (Wildman–Crippen LogP) is 2.70. The fourth-order valence-electron chi connectivity index (χ4n) is 3.67. The van der Waals surface area contributed by atoms with E-state index in [1.165, 1.54) is 18.4 Å². The predicted molar refractivity (Wildman–Crippen MR) is 114 cm³/mol. The minimum absolute atomic E-state index is 0.155. The van der Waals surface area contributed by atoms with E-state index < -0.39 is 0 Å². The van der Waals surface area contributed by atoms with E-state index in [9.17, 15) is 0 Å². The maximum atomic E-state index is 6.19. The summed E-state index contributed by atoms with van der Waals surface area (Å²) in [5.74, 6) is 1.77. The Labute approximate surface area is 169 Å². The van der Waals surface area contributed by atoms with Crippen LogP contribution in [-0.4, -0.2) is 62.4 Å². The van der Waals surface area contributed by atoms with Crippen LogP contribution in [0.2, 0.25) is 0 Å². The van der Waals surface area contributed by atoms with Crippen LogP contribution in [0, 0.1) is 6.92 Å². The van der Waals surface area contributed by atoms with Crippen molar-refractivity contribution in [2.75, 3.05) is 33.4 Å². The normalized spacial score (nSPS) is 20.1. The van der Waals surface area contributed by atoms with Gasteiger partial charge in [-0.2, -0.15) is 0 Å². The Hall–Kier alpha value is -1.79. The van der Waals surface area contributed by atoms with Crippen molar-refractivity contribution in [3.8, 4) is 5.75 Å². The Morgan fingerprint density at radius 3 is 2.75 bits per heavy atom. The number of aliphatic imine (C=N–C) groups is 1. The van der Waals surface area contributed by atoms with Crippen molar-refractivity contribution in [1.29, 1.82) is 0 Å². The lowest BCUT2D eigenvalue weighted by atomic mass is 10.1. The van der Waals surface area contributed by atoms with Crippen LogP contribution in [0.1, 0.15) is 44.2 Å². The van der Waals surface area contributed by atoms with Crippen LogP contribution in [0.3, 0.4) is 0 Å². The highest BCUT2D eigenvalue weighted by Crippen LogP contribution is 2.28. The van der Waals surface area contributed by atoms with Crippen molar-refractivity contribution in [1.82, 2.24) is 15.5 Å². The number of aryl methyl sites for hydroxylation is 1. The number of guanidine groups is 1. The number of hydrogen-bond donors (Lipinski definition) is 2. The molecular weight excluding hydrogens is 352 g/mol. The van der Waals surface area contributed by atoms with Crippen molar-refractivity contribution < 1.29 is 9.47 Å². The van der Waals surface area contributed by atoms with Gasteiger partial charge in [0, 0.05) is 50.7 Å². The van der Waals surface area contributed by atoms with Gasteiger partial charge in [0.1, 0.15) is 11.9 Å². The van der Waals surface area contributed by atoms with Crippen LogP contribution in [-0.2, 0) is 11.3 Å². The summed E-state index contributed by atoms with van der Waals surface area (Å²) in [5.41, 5.74) is 2.34. The third-order valence-electron chi connectivity index (χ3n) is 5.42. The first kappa shape index (κ1) is 20.9. The summed E-state index contributed by atoms with van der Waals surface area (Å²) in [6, 6.07) is 7.75. The Morgan fingerprint density at radius 2 is 2.11 bits per heavy atom. The van der Waals surface area contributed by atoms with Gasteiger partial charge in [0.2, 0.25) is 0 Å². The lowest BCUT2D eigenvalue weighted by Crippen LogP contribution is -2.43. The Kier molecular flexibility index (Phi) is 7.57. The fraction of sp³-hybridized carbons (Fsp3) is 0.682. The average Bonchev–Trinajstić information content (AvgIpc) is 3.38. The van der Waals surface area contributed by atoms with Crippen LogP contribution < -0.4 is 15.4 Å². The van der Waals surface area contributed by atoms with E-state index in [0.29, 0.717) is 19.2 Å². The monoisotopic (exact) mass is 388 g/mol. The molecule has 1 aliphatic carbocycles. The number of nitrogens with one attached hydrogen (secondary N) is 2. The first-order chi connectivity index (χ1) is 13.6. The summed E-state index contributed by atoms with van der Waals surface area (Å²) in [7, 11) is 1.82. The Bertz CT molecular complexity index is 650. The van der Waals surface area contributed by atoms with Gasteiger partial charge in [0.05, 0.1) is 13.2 Å². The highest BCUT2D eigenvalue weighted by molar-refractivity contribution is 5.79. The molecule has 1 atom stereocenters. The quantitative estimate of drug-likeness (QED) is 0.503. The second kappa shape index (κ2) is 10.1. The molecule has 1 aromatic carbocycles. The van der Waals surface area contributed by atoms with Gasteiger partial charge in [0.15, 0.2) is 5.96 Å². The number of rotatable bonds is 9. The molecule has 1 aliphatic heterocycles. The fourth-order valence-corrected chi connectivity index (χ4v) is 3.67. The van der Waals surface area contributed by atoms with E-state index >= 15 is 0 Å². The molecule has 3 rings (SSSR count). The molecule has 6 nitrogen and oxygen atoms in total. The molecule has 0 amide bonds. The van der Waals surface area contributed by atoms with E-state index in [2.05, 4.69) is 59.5 Å². The van der Waals surface area contributed by atoms with Crippen molar-refractivity contribution in [3.63, 3.8) is 0 Å². The number of ether oxygens (including phenoxy) is 2. The van der Waals surface area contributed by atoms with Gasteiger partial charge in [-0.25, -0.2) is 0 Å². The molecule has 156 valence electrons. The number of hydrogen-bond acceptors (Lipinski definition) is 4. The summed E-state index contributed by atoms with van der Waals surface area (Å²) in [6.07, 6.45) is 3.79. The van der Waals surface area contributed by atoms with Crippen LogP contribution in [0.4, 0.5) is 0 Å². The van der Waals surface area contributed by atoms with Crippen LogP contribution in [0.5, 0.6) is 5.75 Å². The summed E-state index contributed by atoms with van der Waals surface area (Å²) in [4.78, 5) is 6.95. The van der Waals surface area contributed by atoms with Gasteiger partial charge in [-0.1, -0.05) is 12.1 Å². The molecule has 1 saturated heterocycles. The summed E-state index contributed by atoms with van der Waals surface area (Å²) < 4.78 is 11.6.